The average molecular weight is 387 g/mol. The molecule has 138 valence electrons. The van der Waals surface area contributed by atoms with Gasteiger partial charge in [-0.25, -0.2) is 0 Å². The molecule has 3 aromatic rings. The van der Waals surface area contributed by atoms with E-state index >= 15 is 0 Å². The summed E-state index contributed by atoms with van der Waals surface area (Å²) in [5.74, 6) is -0.173. The highest BCUT2D eigenvalue weighted by atomic mass is 35.5. The number of hydrogen-bond acceptors (Lipinski definition) is 5. The van der Waals surface area contributed by atoms with Crippen molar-refractivity contribution in [3.05, 3.63) is 58.3 Å². The van der Waals surface area contributed by atoms with Crippen LogP contribution in [0.1, 0.15) is 26.5 Å². The van der Waals surface area contributed by atoms with E-state index in [9.17, 15) is 9.59 Å². The van der Waals surface area contributed by atoms with Crippen molar-refractivity contribution in [3.63, 3.8) is 0 Å². The molecular weight excluding hydrogens is 372 g/mol. The van der Waals surface area contributed by atoms with Crippen LogP contribution in [0, 0.1) is 6.92 Å². The van der Waals surface area contributed by atoms with E-state index in [0.29, 0.717) is 35.9 Å². The molecule has 0 saturated carbocycles. The Morgan fingerprint density at radius 1 is 1.04 bits per heavy atom. The molecule has 1 aromatic heterocycles. The van der Waals surface area contributed by atoms with Gasteiger partial charge in [-0.1, -0.05) is 29.8 Å². The van der Waals surface area contributed by atoms with E-state index in [0.717, 1.165) is 5.39 Å². The number of hydrogen-bond donors (Lipinski definition) is 2. The largest absolute Gasteiger partial charge is 0.486 e. The molecule has 7 nitrogen and oxygen atoms in total. The fourth-order valence-corrected chi connectivity index (χ4v) is 3.14. The lowest BCUT2D eigenvalue weighted by Gasteiger charge is -2.20. The summed E-state index contributed by atoms with van der Waals surface area (Å²) in [5, 5.41) is 1.10. The molecule has 0 unspecified atom stereocenters. The summed E-state index contributed by atoms with van der Waals surface area (Å²) >= 11 is 6.13. The fraction of sp³-hybridized carbons (Fsp3) is 0.158. The van der Waals surface area contributed by atoms with Crippen LogP contribution in [-0.2, 0) is 0 Å². The standard InChI is InChI=1S/C19H15ClN2O5/c1-10-12-4-2-3-5-14(12)27-16(10)19(24)22-21-18(23)11-8-13(20)17-15(9-11)25-6-7-26-17/h2-5,8-9H,6-7H2,1H3,(H,21,23)(H,22,24). The van der Waals surface area contributed by atoms with Gasteiger partial charge in [0, 0.05) is 16.5 Å². The average Bonchev–Trinajstić information content (AvgIpc) is 3.03. The maximum absolute atomic E-state index is 12.4. The van der Waals surface area contributed by atoms with Crippen LogP contribution in [0.2, 0.25) is 5.02 Å². The molecule has 8 heteroatoms. The van der Waals surface area contributed by atoms with Crippen LogP contribution in [0.5, 0.6) is 11.5 Å². The molecule has 2 heterocycles. The van der Waals surface area contributed by atoms with E-state index in [1.54, 1.807) is 13.0 Å². The van der Waals surface area contributed by atoms with Crippen LogP contribution in [0.3, 0.4) is 0 Å². The van der Waals surface area contributed by atoms with Gasteiger partial charge < -0.3 is 13.9 Å². The zero-order valence-electron chi connectivity index (χ0n) is 14.3. The minimum absolute atomic E-state index is 0.136. The van der Waals surface area contributed by atoms with Gasteiger partial charge in [-0.2, -0.15) is 0 Å². The second-order valence-electron chi connectivity index (χ2n) is 5.94. The summed E-state index contributed by atoms with van der Waals surface area (Å²) in [4.78, 5) is 24.7. The molecule has 0 saturated heterocycles. The van der Waals surface area contributed by atoms with Gasteiger partial charge >= 0.3 is 5.91 Å². The number of fused-ring (bicyclic) bond motifs is 2. The highest BCUT2D eigenvalue weighted by molar-refractivity contribution is 6.32. The van der Waals surface area contributed by atoms with Gasteiger partial charge in [-0.05, 0) is 25.1 Å². The lowest BCUT2D eigenvalue weighted by Crippen LogP contribution is -2.41. The number of carbonyl (C=O) groups is 2. The predicted octanol–water partition coefficient (Wildman–Crippen LogP) is 3.24. The Hall–Kier alpha value is -3.19. The zero-order valence-corrected chi connectivity index (χ0v) is 15.1. The first-order chi connectivity index (χ1) is 13.0. The summed E-state index contributed by atoms with van der Waals surface area (Å²) in [5.41, 5.74) is 6.22. The first kappa shape index (κ1) is 17.2. The number of ether oxygens (including phenoxy) is 2. The molecular formula is C19H15ClN2O5. The quantitative estimate of drug-likeness (QED) is 0.660. The number of para-hydroxylation sites is 1. The Labute approximate surface area is 159 Å². The molecule has 1 aliphatic heterocycles. The SMILES string of the molecule is Cc1c(C(=O)NNC(=O)c2cc(Cl)c3c(c2)OCCO3)oc2ccccc12. The van der Waals surface area contributed by atoms with Gasteiger partial charge in [0.2, 0.25) is 0 Å². The lowest BCUT2D eigenvalue weighted by atomic mass is 10.1. The minimum Gasteiger partial charge on any atom is -0.486 e. The van der Waals surface area contributed by atoms with Crippen LogP contribution in [-0.4, -0.2) is 25.0 Å². The van der Waals surface area contributed by atoms with Crippen LogP contribution >= 0.6 is 11.6 Å². The Balaban J connectivity index is 1.49. The van der Waals surface area contributed by atoms with Gasteiger partial charge in [0.15, 0.2) is 17.3 Å². The first-order valence-electron chi connectivity index (χ1n) is 8.22. The molecule has 0 spiro atoms. The van der Waals surface area contributed by atoms with Crippen molar-refractivity contribution in [1.82, 2.24) is 10.9 Å². The molecule has 0 bridgehead atoms. The van der Waals surface area contributed by atoms with E-state index in [2.05, 4.69) is 10.9 Å². The number of amides is 2. The number of carbonyl (C=O) groups excluding carboxylic acids is 2. The number of furan rings is 1. The number of halogens is 1. The maximum atomic E-state index is 12.4. The van der Waals surface area contributed by atoms with E-state index in [1.165, 1.54) is 12.1 Å². The minimum atomic E-state index is -0.555. The maximum Gasteiger partial charge on any atom is 0.305 e. The third-order valence-corrected chi connectivity index (χ3v) is 4.48. The van der Waals surface area contributed by atoms with Crippen molar-refractivity contribution in [2.75, 3.05) is 13.2 Å². The monoisotopic (exact) mass is 386 g/mol. The van der Waals surface area contributed by atoms with E-state index < -0.39 is 11.8 Å². The first-order valence-corrected chi connectivity index (χ1v) is 8.60. The normalized spacial score (nSPS) is 12.7. The fourth-order valence-electron chi connectivity index (χ4n) is 2.88. The zero-order chi connectivity index (χ0) is 19.0. The summed E-state index contributed by atoms with van der Waals surface area (Å²) in [6.07, 6.45) is 0. The van der Waals surface area contributed by atoms with Crippen LogP contribution in [0.4, 0.5) is 0 Å². The van der Waals surface area contributed by atoms with Gasteiger partial charge in [-0.15, -0.1) is 0 Å². The second kappa shape index (κ2) is 6.85. The third kappa shape index (κ3) is 3.17. The van der Waals surface area contributed by atoms with Crippen LogP contribution in [0.15, 0.2) is 40.8 Å². The third-order valence-electron chi connectivity index (χ3n) is 4.20. The summed E-state index contributed by atoms with van der Waals surface area (Å²) in [7, 11) is 0. The van der Waals surface area contributed by atoms with Crippen molar-refractivity contribution in [1.29, 1.82) is 0 Å². The Morgan fingerprint density at radius 2 is 1.78 bits per heavy atom. The molecule has 27 heavy (non-hydrogen) atoms. The molecule has 2 aromatic carbocycles. The number of aryl methyl sites for hydroxylation is 1. The van der Waals surface area contributed by atoms with Gasteiger partial charge in [0.25, 0.3) is 5.91 Å². The van der Waals surface area contributed by atoms with E-state index in [4.69, 9.17) is 25.5 Å². The smallest absolute Gasteiger partial charge is 0.305 e. The van der Waals surface area contributed by atoms with Crippen molar-refractivity contribution in [2.45, 2.75) is 6.92 Å². The lowest BCUT2D eigenvalue weighted by molar-refractivity contribution is 0.0831. The molecule has 1 aliphatic rings. The molecule has 0 atom stereocenters. The molecule has 0 aliphatic carbocycles. The number of nitrogens with one attached hydrogen (secondary N) is 2. The predicted molar refractivity (Wildman–Crippen MR) is 98.3 cm³/mol. The number of rotatable bonds is 2. The molecule has 4 rings (SSSR count). The summed E-state index contributed by atoms with van der Waals surface area (Å²) in [6, 6.07) is 10.3. The number of hydrazine groups is 1. The highest BCUT2D eigenvalue weighted by Gasteiger charge is 2.21. The van der Waals surface area contributed by atoms with E-state index in [-0.39, 0.29) is 16.3 Å². The molecule has 0 radical (unpaired) electrons. The summed E-state index contributed by atoms with van der Waals surface area (Å²) < 4.78 is 16.4. The van der Waals surface area contributed by atoms with Gasteiger partial charge in [0.05, 0.1) is 5.02 Å². The van der Waals surface area contributed by atoms with Crippen molar-refractivity contribution in [2.24, 2.45) is 0 Å². The Morgan fingerprint density at radius 3 is 2.59 bits per heavy atom. The Kier molecular flexibility index (Phi) is 4.37. The molecule has 2 N–H and O–H groups in total. The highest BCUT2D eigenvalue weighted by Crippen LogP contribution is 2.38. The van der Waals surface area contributed by atoms with Gasteiger partial charge in [0.1, 0.15) is 18.8 Å². The van der Waals surface area contributed by atoms with Crippen LogP contribution in [0.25, 0.3) is 11.0 Å². The van der Waals surface area contributed by atoms with Gasteiger partial charge in [-0.3, -0.25) is 20.4 Å². The van der Waals surface area contributed by atoms with Crippen molar-refractivity contribution >= 4 is 34.4 Å². The van der Waals surface area contributed by atoms with Crippen molar-refractivity contribution < 1.29 is 23.5 Å². The number of benzene rings is 2. The topological polar surface area (TPSA) is 89.8 Å². The molecule has 2 amide bonds. The molecule has 0 fully saturated rings. The van der Waals surface area contributed by atoms with Crippen LogP contribution < -0.4 is 20.3 Å². The van der Waals surface area contributed by atoms with Crippen molar-refractivity contribution in [3.8, 4) is 11.5 Å². The Bertz CT molecular complexity index is 1060. The van der Waals surface area contributed by atoms with E-state index in [1.807, 2.05) is 18.2 Å². The second-order valence-corrected chi connectivity index (χ2v) is 6.35. The summed E-state index contributed by atoms with van der Waals surface area (Å²) in [6.45, 7) is 2.55.